The molecule has 1 aliphatic rings. The SMILES string of the molecule is COc1cccc(OC)c1C(=O)N1CSCC1C(=O)O. The Morgan fingerprint density at radius 2 is 1.90 bits per heavy atom. The third-order valence-electron chi connectivity index (χ3n) is 3.07. The van der Waals surface area contributed by atoms with Gasteiger partial charge in [-0.15, -0.1) is 11.8 Å². The minimum atomic E-state index is -1.00. The molecule has 1 atom stereocenters. The molecule has 7 heteroatoms. The van der Waals surface area contributed by atoms with Gasteiger partial charge in [-0.3, -0.25) is 4.79 Å². The fourth-order valence-electron chi connectivity index (χ4n) is 2.05. The number of aliphatic carboxylic acids is 1. The van der Waals surface area contributed by atoms with Crippen LogP contribution in [0.2, 0.25) is 0 Å². The molecule has 20 heavy (non-hydrogen) atoms. The first kappa shape index (κ1) is 14.5. The zero-order chi connectivity index (χ0) is 14.7. The highest BCUT2D eigenvalue weighted by Crippen LogP contribution is 2.32. The van der Waals surface area contributed by atoms with Gasteiger partial charge >= 0.3 is 5.97 Å². The van der Waals surface area contributed by atoms with Crippen molar-refractivity contribution in [3.63, 3.8) is 0 Å². The molecule has 108 valence electrons. The Labute approximate surface area is 120 Å². The molecule has 1 unspecified atom stereocenters. The summed E-state index contributed by atoms with van der Waals surface area (Å²) in [7, 11) is 2.91. The van der Waals surface area contributed by atoms with Crippen LogP contribution in [0, 0.1) is 0 Å². The molecule has 1 fully saturated rings. The number of carboxylic acids is 1. The summed E-state index contributed by atoms with van der Waals surface area (Å²) in [5, 5.41) is 9.16. The fourth-order valence-corrected chi connectivity index (χ4v) is 3.20. The van der Waals surface area contributed by atoms with E-state index in [1.165, 1.54) is 30.9 Å². The normalized spacial score (nSPS) is 17.9. The van der Waals surface area contributed by atoms with Crippen molar-refractivity contribution in [1.29, 1.82) is 0 Å². The molecular weight excluding hydrogens is 282 g/mol. The van der Waals surface area contributed by atoms with Crippen LogP contribution in [0.4, 0.5) is 0 Å². The van der Waals surface area contributed by atoms with Crippen LogP contribution < -0.4 is 9.47 Å². The first-order chi connectivity index (χ1) is 9.60. The minimum Gasteiger partial charge on any atom is -0.496 e. The molecule has 1 N–H and O–H groups in total. The summed E-state index contributed by atoms with van der Waals surface area (Å²) >= 11 is 1.41. The van der Waals surface area contributed by atoms with Crippen LogP contribution in [0.1, 0.15) is 10.4 Å². The highest BCUT2D eigenvalue weighted by Gasteiger charge is 2.37. The Hall–Kier alpha value is -1.89. The number of carbonyl (C=O) groups excluding carboxylic acids is 1. The summed E-state index contributed by atoms with van der Waals surface area (Å²) < 4.78 is 10.4. The summed E-state index contributed by atoms with van der Waals surface area (Å²) in [6, 6.07) is 4.19. The maximum absolute atomic E-state index is 12.6. The maximum atomic E-state index is 12.6. The summed E-state index contributed by atoms with van der Waals surface area (Å²) in [6.45, 7) is 0. The number of methoxy groups -OCH3 is 2. The lowest BCUT2D eigenvalue weighted by Crippen LogP contribution is -2.42. The number of amides is 1. The quantitative estimate of drug-likeness (QED) is 0.903. The molecule has 0 bridgehead atoms. The van der Waals surface area contributed by atoms with Gasteiger partial charge in [-0.25, -0.2) is 4.79 Å². The van der Waals surface area contributed by atoms with Gasteiger partial charge in [0.25, 0.3) is 5.91 Å². The van der Waals surface area contributed by atoms with E-state index < -0.39 is 17.9 Å². The molecule has 0 aliphatic carbocycles. The van der Waals surface area contributed by atoms with E-state index in [-0.39, 0.29) is 5.56 Å². The molecule has 6 nitrogen and oxygen atoms in total. The highest BCUT2D eigenvalue weighted by molar-refractivity contribution is 7.99. The van der Waals surface area contributed by atoms with Gasteiger partial charge in [-0.05, 0) is 12.1 Å². The van der Waals surface area contributed by atoms with Crippen molar-refractivity contribution in [3.05, 3.63) is 23.8 Å². The van der Waals surface area contributed by atoms with Gasteiger partial charge in [0.15, 0.2) is 0 Å². The van der Waals surface area contributed by atoms with Crippen LogP contribution in [0.5, 0.6) is 11.5 Å². The van der Waals surface area contributed by atoms with Crippen molar-refractivity contribution in [2.45, 2.75) is 6.04 Å². The number of ether oxygens (including phenoxy) is 2. The largest absolute Gasteiger partial charge is 0.496 e. The molecule has 2 rings (SSSR count). The van der Waals surface area contributed by atoms with Crippen LogP contribution in [0.15, 0.2) is 18.2 Å². The van der Waals surface area contributed by atoms with Crippen LogP contribution in [-0.4, -0.2) is 53.8 Å². The zero-order valence-electron chi connectivity index (χ0n) is 11.2. The number of carboxylic acid groups (broad SMARTS) is 1. The molecular formula is C13H15NO5S. The van der Waals surface area contributed by atoms with Crippen molar-refractivity contribution in [2.75, 3.05) is 25.8 Å². The number of hydrogen-bond acceptors (Lipinski definition) is 5. The predicted molar refractivity (Wildman–Crippen MR) is 74.5 cm³/mol. The van der Waals surface area contributed by atoms with Gasteiger partial charge in [-0.2, -0.15) is 0 Å². The van der Waals surface area contributed by atoms with Crippen molar-refractivity contribution < 1.29 is 24.2 Å². The number of thioether (sulfide) groups is 1. The lowest BCUT2D eigenvalue weighted by atomic mass is 10.1. The number of nitrogens with zero attached hydrogens (tertiary/aromatic N) is 1. The van der Waals surface area contributed by atoms with Gasteiger partial charge in [0.2, 0.25) is 0 Å². The number of carbonyl (C=O) groups is 2. The monoisotopic (exact) mass is 297 g/mol. The minimum absolute atomic E-state index is 0.256. The third-order valence-corrected chi connectivity index (χ3v) is 4.08. The molecule has 0 radical (unpaired) electrons. The Kier molecular flexibility index (Phi) is 4.39. The van der Waals surface area contributed by atoms with Gasteiger partial charge in [0.1, 0.15) is 23.1 Å². The van der Waals surface area contributed by atoms with Gasteiger partial charge in [0, 0.05) is 5.75 Å². The average Bonchev–Trinajstić information content (AvgIpc) is 2.95. The molecule has 1 aromatic carbocycles. The Morgan fingerprint density at radius 1 is 1.30 bits per heavy atom. The van der Waals surface area contributed by atoms with Crippen molar-refractivity contribution in [1.82, 2.24) is 4.90 Å². The van der Waals surface area contributed by atoms with Crippen LogP contribution in [0.3, 0.4) is 0 Å². The summed E-state index contributed by atoms with van der Waals surface area (Å²) in [4.78, 5) is 25.1. The Bertz CT molecular complexity index is 511. The third kappa shape index (κ3) is 2.53. The lowest BCUT2D eigenvalue weighted by Gasteiger charge is -2.22. The second kappa shape index (κ2) is 6.04. The molecule has 0 saturated carbocycles. The highest BCUT2D eigenvalue weighted by atomic mass is 32.2. The predicted octanol–water partition coefficient (Wildman–Crippen LogP) is 1.30. The zero-order valence-corrected chi connectivity index (χ0v) is 12.0. The topological polar surface area (TPSA) is 76.1 Å². The molecule has 1 aromatic rings. The molecule has 0 spiro atoms. The standard InChI is InChI=1S/C13H15NO5S/c1-18-9-4-3-5-10(19-2)11(9)12(15)14-7-20-6-8(14)13(16)17/h3-5,8H,6-7H2,1-2H3,(H,16,17). The number of benzene rings is 1. The first-order valence-electron chi connectivity index (χ1n) is 5.92. The van der Waals surface area contributed by atoms with Crippen LogP contribution in [0.25, 0.3) is 0 Å². The molecule has 1 aliphatic heterocycles. The smallest absolute Gasteiger partial charge is 0.327 e. The van der Waals surface area contributed by atoms with E-state index in [1.807, 2.05) is 0 Å². The molecule has 0 aromatic heterocycles. The van der Waals surface area contributed by atoms with E-state index in [0.29, 0.717) is 23.1 Å². The van der Waals surface area contributed by atoms with Gasteiger partial charge < -0.3 is 19.5 Å². The molecule has 1 heterocycles. The summed E-state index contributed by atoms with van der Waals surface area (Å²) in [5.74, 6) is 0.0786. The average molecular weight is 297 g/mol. The Balaban J connectivity index is 2.40. The number of rotatable bonds is 4. The Morgan fingerprint density at radius 3 is 2.40 bits per heavy atom. The van der Waals surface area contributed by atoms with E-state index in [4.69, 9.17) is 14.6 Å². The lowest BCUT2D eigenvalue weighted by molar-refractivity contribution is -0.140. The van der Waals surface area contributed by atoms with Gasteiger partial charge in [0.05, 0.1) is 20.1 Å². The summed E-state index contributed by atoms with van der Waals surface area (Å²) in [6.07, 6.45) is 0. The molecule has 1 amide bonds. The van der Waals surface area contributed by atoms with Gasteiger partial charge in [-0.1, -0.05) is 6.07 Å². The van der Waals surface area contributed by atoms with Crippen molar-refractivity contribution >= 4 is 23.6 Å². The fraction of sp³-hybridized carbons (Fsp3) is 0.385. The van der Waals surface area contributed by atoms with E-state index in [2.05, 4.69) is 0 Å². The number of hydrogen-bond donors (Lipinski definition) is 1. The first-order valence-corrected chi connectivity index (χ1v) is 7.08. The second-order valence-corrected chi connectivity index (χ2v) is 5.17. The van der Waals surface area contributed by atoms with E-state index in [9.17, 15) is 9.59 Å². The second-order valence-electron chi connectivity index (χ2n) is 4.17. The van der Waals surface area contributed by atoms with E-state index >= 15 is 0 Å². The van der Waals surface area contributed by atoms with Crippen LogP contribution in [-0.2, 0) is 4.79 Å². The van der Waals surface area contributed by atoms with Crippen molar-refractivity contribution in [3.8, 4) is 11.5 Å². The van der Waals surface area contributed by atoms with Crippen molar-refractivity contribution in [2.24, 2.45) is 0 Å². The van der Waals surface area contributed by atoms with E-state index in [0.717, 1.165) is 0 Å². The van der Waals surface area contributed by atoms with Crippen LogP contribution >= 0.6 is 11.8 Å². The maximum Gasteiger partial charge on any atom is 0.327 e. The summed E-state index contributed by atoms with van der Waals surface area (Å²) in [5.41, 5.74) is 0.256. The molecule has 1 saturated heterocycles. The van der Waals surface area contributed by atoms with E-state index in [1.54, 1.807) is 18.2 Å².